The summed E-state index contributed by atoms with van der Waals surface area (Å²) in [5.41, 5.74) is 4.00. The van der Waals surface area contributed by atoms with E-state index in [0.29, 0.717) is 0 Å². The number of hydrogen-bond donors (Lipinski definition) is 2. The van der Waals surface area contributed by atoms with Crippen LogP contribution in [0.15, 0.2) is 30.3 Å². The normalized spacial score (nSPS) is 23.1. The molecule has 1 aliphatic carbocycles. The fourth-order valence-corrected chi connectivity index (χ4v) is 3.89. The largest absolute Gasteiger partial charge is 0.387 e. The summed E-state index contributed by atoms with van der Waals surface area (Å²) in [6.45, 7) is 1.03. The van der Waals surface area contributed by atoms with Crippen molar-refractivity contribution in [2.75, 3.05) is 6.54 Å². The molecule has 2 atom stereocenters. The van der Waals surface area contributed by atoms with E-state index in [0.717, 1.165) is 31.4 Å². The molecule has 2 aromatic rings. The third-order valence-electron chi connectivity index (χ3n) is 4.96. The zero-order chi connectivity index (χ0) is 13.5. The number of aliphatic hydroxyl groups is 1. The van der Waals surface area contributed by atoms with Crippen LogP contribution in [0.25, 0.3) is 10.8 Å². The minimum atomic E-state index is -0.389. The first-order valence-corrected chi connectivity index (χ1v) is 7.79. The van der Waals surface area contributed by atoms with E-state index in [1.807, 2.05) is 0 Å². The average Bonchev–Trinajstić information content (AvgIpc) is 2.93. The zero-order valence-electron chi connectivity index (χ0n) is 11.7. The third-order valence-corrected chi connectivity index (χ3v) is 4.96. The predicted octanol–water partition coefficient (Wildman–Crippen LogP) is 3.11. The van der Waals surface area contributed by atoms with E-state index in [-0.39, 0.29) is 12.1 Å². The van der Waals surface area contributed by atoms with Gasteiger partial charge in [-0.25, -0.2) is 0 Å². The lowest BCUT2D eigenvalue weighted by Gasteiger charge is -2.29. The van der Waals surface area contributed by atoms with Crippen LogP contribution < -0.4 is 5.32 Å². The third kappa shape index (κ3) is 1.87. The number of benzene rings is 2. The summed E-state index contributed by atoms with van der Waals surface area (Å²) in [5, 5.41) is 16.9. The highest BCUT2D eigenvalue weighted by molar-refractivity contribution is 5.93. The van der Waals surface area contributed by atoms with Gasteiger partial charge in [0, 0.05) is 6.04 Å². The van der Waals surface area contributed by atoms with Gasteiger partial charge in [-0.1, -0.05) is 36.8 Å². The number of piperidine rings is 1. The van der Waals surface area contributed by atoms with Crippen molar-refractivity contribution >= 4 is 10.8 Å². The van der Waals surface area contributed by atoms with Crippen LogP contribution in [0.3, 0.4) is 0 Å². The first-order valence-electron chi connectivity index (χ1n) is 7.79. The molecule has 20 heavy (non-hydrogen) atoms. The lowest BCUT2D eigenvalue weighted by molar-refractivity contribution is 0.115. The van der Waals surface area contributed by atoms with Gasteiger partial charge in [0.15, 0.2) is 0 Å². The molecule has 104 valence electrons. The molecule has 0 radical (unpaired) electrons. The molecule has 0 bridgehead atoms. The maximum absolute atomic E-state index is 10.8. The minimum absolute atomic E-state index is 0.210. The van der Waals surface area contributed by atoms with Crippen LogP contribution in [0.5, 0.6) is 0 Å². The molecule has 2 heteroatoms. The Kier molecular flexibility index (Phi) is 3.01. The van der Waals surface area contributed by atoms with Crippen LogP contribution in [-0.2, 0) is 12.8 Å². The summed E-state index contributed by atoms with van der Waals surface area (Å²) in [5.74, 6) is 0. The van der Waals surface area contributed by atoms with Gasteiger partial charge in [-0.15, -0.1) is 0 Å². The topological polar surface area (TPSA) is 32.3 Å². The molecule has 1 aliphatic heterocycles. The van der Waals surface area contributed by atoms with Crippen molar-refractivity contribution in [1.82, 2.24) is 5.32 Å². The molecule has 2 N–H and O–H groups in total. The van der Waals surface area contributed by atoms with E-state index in [1.165, 1.54) is 34.7 Å². The van der Waals surface area contributed by atoms with E-state index in [1.54, 1.807) is 0 Å². The van der Waals surface area contributed by atoms with Crippen LogP contribution >= 0.6 is 0 Å². The summed E-state index contributed by atoms with van der Waals surface area (Å²) in [7, 11) is 0. The Bertz CT molecular complexity index is 633. The Hall–Kier alpha value is -1.38. The SMILES string of the molecule is OC(c1ccc2c3c(cccc13)CC2)C1CCCCN1. The van der Waals surface area contributed by atoms with E-state index in [9.17, 15) is 5.11 Å². The monoisotopic (exact) mass is 267 g/mol. The molecule has 0 aromatic heterocycles. The van der Waals surface area contributed by atoms with Gasteiger partial charge in [0.1, 0.15) is 0 Å². The zero-order valence-corrected chi connectivity index (χ0v) is 11.7. The van der Waals surface area contributed by atoms with Crippen LogP contribution in [0.2, 0.25) is 0 Å². The summed E-state index contributed by atoms with van der Waals surface area (Å²) >= 11 is 0. The van der Waals surface area contributed by atoms with Crippen molar-refractivity contribution < 1.29 is 5.11 Å². The minimum Gasteiger partial charge on any atom is -0.387 e. The molecule has 4 rings (SSSR count). The lowest BCUT2D eigenvalue weighted by atomic mass is 9.90. The molecule has 2 aliphatic rings. The summed E-state index contributed by atoms with van der Waals surface area (Å²) < 4.78 is 0. The molecular weight excluding hydrogens is 246 g/mol. The maximum atomic E-state index is 10.8. The molecule has 2 aromatic carbocycles. The van der Waals surface area contributed by atoms with Crippen molar-refractivity contribution in [3.63, 3.8) is 0 Å². The number of rotatable bonds is 2. The Morgan fingerprint density at radius 2 is 1.90 bits per heavy atom. The smallest absolute Gasteiger partial charge is 0.0948 e. The van der Waals surface area contributed by atoms with Crippen LogP contribution in [0, 0.1) is 0 Å². The maximum Gasteiger partial charge on any atom is 0.0948 e. The van der Waals surface area contributed by atoms with Crippen LogP contribution in [0.4, 0.5) is 0 Å². The van der Waals surface area contributed by atoms with Gasteiger partial charge in [-0.05, 0) is 59.7 Å². The predicted molar refractivity (Wildman–Crippen MR) is 82.0 cm³/mol. The number of aliphatic hydroxyl groups excluding tert-OH is 1. The van der Waals surface area contributed by atoms with Gasteiger partial charge in [-0.3, -0.25) is 0 Å². The van der Waals surface area contributed by atoms with Crippen molar-refractivity contribution in [2.45, 2.75) is 44.2 Å². The van der Waals surface area contributed by atoms with Crippen molar-refractivity contribution in [1.29, 1.82) is 0 Å². The van der Waals surface area contributed by atoms with Gasteiger partial charge >= 0.3 is 0 Å². The van der Waals surface area contributed by atoms with Crippen molar-refractivity contribution in [3.8, 4) is 0 Å². The highest BCUT2D eigenvalue weighted by Gasteiger charge is 2.25. The quantitative estimate of drug-likeness (QED) is 0.876. The van der Waals surface area contributed by atoms with Gasteiger partial charge in [-0.2, -0.15) is 0 Å². The highest BCUT2D eigenvalue weighted by atomic mass is 16.3. The number of hydrogen-bond acceptors (Lipinski definition) is 2. The van der Waals surface area contributed by atoms with Gasteiger partial charge in [0.25, 0.3) is 0 Å². The number of aryl methyl sites for hydroxylation is 2. The summed E-state index contributed by atoms with van der Waals surface area (Å²) in [4.78, 5) is 0. The van der Waals surface area contributed by atoms with E-state index >= 15 is 0 Å². The van der Waals surface area contributed by atoms with Crippen LogP contribution in [0.1, 0.15) is 42.1 Å². The van der Waals surface area contributed by atoms with Crippen molar-refractivity contribution in [3.05, 3.63) is 47.0 Å². The van der Waals surface area contributed by atoms with Crippen LogP contribution in [-0.4, -0.2) is 17.7 Å². The Labute approximate surface area is 119 Å². The first-order chi connectivity index (χ1) is 9.84. The van der Waals surface area contributed by atoms with E-state index < -0.39 is 0 Å². The van der Waals surface area contributed by atoms with E-state index in [2.05, 4.69) is 35.6 Å². The standard InChI is InChI=1S/C18H21NO/c20-18(16-6-1-2-11-19-16)15-10-9-13-8-7-12-4-3-5-14(15)17(12)13/h3-5,9-10,16,18-20H,1-2,6-8,11H2. The van der Waals surface area contributed by atoms with Gasteiger partial charge in [0.2, 0.25) is 0 Å². The van der Waals surface area contributed by atoms with E-state index in [4.69, 9.17) is 0 Å². The first kappa shape index (κ1) is 12.4. The molecule has 1 heterocycles. The highest BCUT2D eigenvalue weighted by Crippen LogP contribution is 2.36. The molecule has 0 spiro atoms. The molecule has 0 saturated carbocycles. The fraction of sp³-hybridized carbons (Fsp3) is 0.444. The average molecular weight is 267 g/mol. The Balaban J connectivity index is 1.80. The lowest BCUT2D eigenvalue weighted by Crippen LogP contribution is -2.38. The van der Waals surface area contributed by atoms with Gasteiger partial charge in [0.05, 0.1) is 6.10 Å². The molecule has 2 nitrogen and oxygen atoms in total. The second kappa shape index (κ2) is 4.87. The molecule has 0 amide bonds. The summed E-state index contributed by atoms with van der Waals surface area (Å²) in [6.07, 6.45) is 5.43. The second-order valence-corrected chi connectivity index (χ2v) is 6.15. The molecular formula is C18H21NO. The fourth-order valence-electron chi connectivity index (χ4n) is 3.89. The van der Waals surface area contributed by atoms with Gasteiger partial charge < -0.3 is 10.4 Å². The second-order valence-electron chi connectivity index (χ2n) is 6.15. The van der Waals surface area contributed by atoms with Crippen molar-refractivity contribution in [2.24, 2.45) is 0 Å². The molecule has 1 fully saturated rings. The number of nitrogens with one attached hydrogen (secondary N) is 1. The summed E-state index contributed by atoms with van der Waals surface area (Å²) in [6, 6.07) is 11.1. The molecule has 1 saturated heterocycles. The Morgan fingerprint density at radius 3 is 2.70 bits per heavy atom. The Morgan fingerprint density at radius 1 is 1.05 bits per heavy atom. The molecule has 2 unspecified atom stereocenters.